The van der Waals surface area contributed by atoms with Crippen molar-refractivity contribution in [2.45, 2.75) is 26.2 Å². The number of amides is 1. The zero-order chi connectivity index (χ0) is 15.0. The molecule has 0 aliphatic rings. The van der Waals surface area contributed by atoms with Gasteiger partial charge in [0.15, 0.2) is 0 Å². The van der Waals surface area contributed by atoms with Crippen LogP contribution >= 0.6 is 0 Å². The van der Waals surface area contributed by atoms with Crippen LogP contribution < -0.4 is 16.6 Å². The van der Waals surface area contributed by atoms with E-state index in [2.05, 4.69) is 10.3 Å². The number of H-pyrrole nitrogens is 2. The third-order valence-electron chi connectivity index (χ3n) is 2.35. The molecule has 0 aliphatic heterocycles. The van der Waals surface area contributed by atoms with Crippen molar-refractivity contribution in [2.75, 3.05) is 13.2 Å². The quantitative estimate of drug-likeness (QED) is 0.441. The zero-order valence-corrected chi connectivity index (χ0v) is 11.2. The van der Waals surface area contributed by atoms with Crippen LogP contribution in [0.3, 0.4) is 0 Å². The molecule has 0 bridgehead atoms. The van der Waals surface area contributed by atoms with E-state index in [1.165, 1.54) is 0 Å². The summed E-state index contributed by atoms with van der Waals surface area (Å²) in [6, 6.07) is 1.15. The largest absolute Gasteiger partial charge is 0.466 e. The first-order valence-electron chi connectivity index (χ1n) is 6.26. The van der Waals surface area contributed by atoms with E-state index in [0.29, 0.717) is 19.6 Å². The smallest absolute Gasteiger partial charge is 0.325 e. The van der Waals surface area contributed by atoms with Gasteiger partial charge < -0.3 is 15.0 Å². The normalized spacial score (nSPS) is 10.1. The predicted octanol–water partition coefficient (Wildman–Crippen LogP) is -0.935. The van der Waals surface area contributed by atoms with Gasteiger partial charge in [-0.1, -0.05) is 0 Å². The van der Waals surface area contributed by atoms with Crippen LogP contribution in [0.1, 0.15) is 25.5 Å². The molecule has 1 aromatic heterocycles. The number of hydrogen-bond donors (Lipinski definition) is 3. The van der Waals surface area contributed by atoms with E-state index < -0.39 is 11.2 Å². The van der Waals surface area contributed by atoms with Crippen molar-refractivity contribution in [2.24, 2.45) is 0 Å². The lowest BCUT2D eigenvalue weighted by Crippen LogP contribution is -2.29. The number of aromatic nitrogens is 2. The van der Waals surface area contributed by atoms with Crippen molar-refractivity contribution >= 4 is 11.9 Å². The number of esters is 1. The Morgan fingerprint density at radius 2 is 2.05 bits per heavy atom. The third kappa shape index (κ3) is 5.98. The summed E-state index contributed by atoms with van der Waals surface area (Å²) >= 11 is 0. The number of aromatic amines is 2. The molecule has 0 aromatic carbocycles. The Hall–Kier alpha value is -2.38. The first-order valence-corrected chi connectivity index (χ1v) is 6.26. The van der Waals surface area contributed by atoms with Gasteiger partial charge in [0.25, 0.3) is 5.56 Å². The fraction of sp³-hybridized carbons (Fsp3) is 0.500. The number of rotatable bonds is 7. The first kappa shape index (κ1) is 15.7. The molecule has 0 unspecified atom stereocenters. The van der Waals surface area contributed by atoms with E-state index in [-0.39, 0.29) is 30.4 Å². The maximum Gasteiger partial charge on any atom is 0.325 e. The maximum absolute atomic E-state index is 11.5. The second-order valence-electron chi connectivity index (χ2n) is 4.05. The van der Waals surface area contributed by atoms with E-state index in [9.17, 15) is 19.2 Å². The Balaban J connectivity index is 2.32. The molecule has 0 aliphatic carbocycles. The number of carbonyl (C=O) groups is 2. The molecule has 3 N–H and O–H groups in total. The van der Waals surface area contributed by atoms with Crippen LogP contribution in [0.25, 0.3) is 0 Å². The van der Waals surface area contributed by atoms with Gasteiger partial charge in [-0.15, -0.1) is 0 Å². The SMILES string of the molecule is CCOC(=O)CCCNC(=O)Cc1cc(=O)[nH]c(=O)[nH]1. The van der Waals surface area contributed by atoms with Gasteiger partial charge in [-0.25, -0.2) is 4.79 Å². The highest BCUT2D eigenvalue weighted by molar-refractivity contribution is 5.78. The minimum absolute atomic E-state index is 0.0986. The molecule has 0 saturated heterocycles. The van der Waals surface area contributed by atoms with E-state index >= 15 is 0 Å². The van der Waals surface area contributed by atoms with Gasteiger partial charge in [0.05, 0.1) is 13.0 Å². The summed E-state index contributed by atoms with van der Waals surface area (Å²) in [6.07, 6.45) is 0.602. The molecule has 110 valence electrons. The highest BCUT2D eigenvalue weighted by atomic mass is 16.5. The molecule has 0 saturated carbocycles. The van der Waals surface area contributed by atoms with Crippen molar-refractivity contribution in [1.29, 1.82) is 0 Å². The zero-order valence-electron chi connectivity index (χ0n) is 11.2. The van der Waals surface area contributed by atoms with Crippen molar-refractivity contribution in [1.82, 2.24) is 15.3 Å². The van der Waals surface area contributed by atoms with Crippen LogP contribution in [-0.2, 0) is 20.7 Å². The summed E-state index contributed by atoms with van der Waals surface area (Å²) < 4.78 is 4.74. The molecule has 8 nitrogen and oxygen atoms in total. The molecule has 8 heteroatoms. The number of nitrogens with one attached hydrogen (secondary N) is 3. The maximum atomic E-state index is 11.5. The monoisotopic (exact) mass is 283 g/mol. The van der Waals surface area contributed by atoms with E-state index in [4.69, 9.17) is 4.74 Å². The first-order chi connectivity index (χ1) is 9.51. The predicted molar refractivity (Wildman–Crippen MR) is 70.3 cm³/mol. The lowest BCUT2D eigenvalue weighted by atomic mass is 10.2. The lowest BCUT2D eigenvalue weighted by molar-refractivity contribution is -0.143. The fourth-order valence-electron chi connectivity index (χ4n) is 1.54. The van der Waals surface area contributed by atoms with Gasteiger partial charge in [0.1, 0.15) is 0 Å². The summed E-state index contributed by atoms with van der Waals surface area (Å²) in [6.45, 7) is 2.38. The summed E-state index contributed by atoms with van der Waals surface area (Å²) in [4.78, 5) is 49.0. The van der Waals surface area contributed by atoms with Crippen molar-refractivity contribution < 1.29 is 14.3 Å². The van der Waals surface area contributed by atoms with E-state index in [1.54, 1.807) is 6.92 Å². The molecule has 1 rings (SSSR count). The minimum Gasteiger partial charge on any atom is -0.466 e. The minimum atomic E-state index is -0.650. The third-order valence-corrected chi connectivity index (χ3v) is 2.35. The van der Waals surface area contributed by atoms with Crippen LogP contribution in [0, 0.1) is 0 Å². The van der Waals surface area contributed by atoms with Crippen LogP contribution in [0.2, 0.25) is 0 Å². The number of ether oxygens (including phenoxy) is 1. The summed E-state index contributed by atoms with van der Waals surface area (Å²) in [5, 5.41) is 2.59. The average Bonchev–Trinajstić information content (AvgIpc) is 2.33. The second-order valence-corrected chi connectivity index (χ2v) is 4.05. The fourth-order valence-corrected chi connectivity index (χ4v) is 1.54. The van der Waals surface area contributed by atoms with Gasteiger partial charge in [0, 0.05) is 24.7 Å². The number of hydrogen-bond acceptors (Lipinski definition) is 5. The molecule has 0 atom stereocenters. The molecular weight excluding hydrogens is 266 g/mol. The van der Waals surface area contributed by atoms with Gasteiger partial charge in [-0.3, -0.25) is 19.4 Å². The Kier molecular flexibility index (Phi) is 6.21. The van der Waals surface area contributed by atoms with E-state index in [0.717, 1.165) is 6.07 Å². The lowest BCUT2D eigenvalue weighted by Gasteiger charge is -2.05. The Morgan fingerprint density at radius 1 is 1.30 bits per heavy atom. The van der Waals surface area contributed by atoms with Crippen molar-refractivity contribution in [3.63, 3.8) is 0 Å². The molecule has 20 heavy (non-hydrogen) atoms. The van der Waals surface area contributed by atoms with E-state index in [1.807, 2.05) is 4.98 Å². The van der Waals surface area contributed by atoms with Crippen LogP contribution in [0.4, 0.5) is 0 Å². The Morgan fingerprint density at radius 3 is 2.70 bits per heavy atom. The van der Waals surface area contributed by atoms with Crippen molar-refractivity contribution in [3.8, 4) is 0 Å². The van der Waals surface area contributed by atoms with Crippen LogP contribution in [-0.4, -0.2) is 35.0 Å². The van der Waals surface area contributed by atoms with Gasteiger partial charge in [0.2, 0.25) is 5.91 Å². The highest BCUT2D eigenvalue weighted by Gasteiger charge is 2.06. The molecule has 1 aromatic rings. The Labute approximate surface area is 114 Å². The van der Waals surface area contributed by atoms with Gasteiger partial charge in [-0.2, -0.15) is 0 Å². The highest BCUT2D eigenvalue weighted by Crippen LogP contribution is 1.92. The van der Waals surface area contributed by atoms with Gasteiger partial charge in [-0.05, 0) is 13.3 Å². The average molecular weight is 283 g/mol. The molecular formula is C12H17N3O5. The summed E-state index contributed by atoms with van der Waals surface area (Å²) in [7, 11) is 0. The molecule has 0 fully saturated rings. The summed E-state index contributed by atoms with van der Waals surface area (Å²) in [5.74, 6) is -0.643. The number of carbonyl (C=O) groups excluding carboxylic acids is 2. The Bertz CT molecular complexity index is 547. The molecule has 1 amide bonds. The molecule has 0 radical (unpaired) electrons. The molecule has 0 spiro atoms. The van der Waals surface area contributed by atoms with Crippen molar-refractivity contribution in [3.05, 3.63) is 32.6 Å². The van der Waals surface area contributed by atoms with Gasteiger partial charge >= 0.3 is 11.7 Å². The summed E-state index contributed by atoms with van der Waals surface area (Å²) in [5.41, 5.74) is -0.969. The topological polar surface area (TPSA) is 121 Å². The molecule has 1 heterocycles. The van der Waals surface area contributed by atoms with Crippen LogP contribution in [0.15, 0.2) is 15.7 Å². The second kappa shape index (κ2) is 7.93. The standard InChI is InChI=1S/C12H17N3O5/c1-2-20-11(18)4-3-5-13-9(16)6-8-7-10(17)15-12(19)14-8/h7H,2-6H2,1H3,(H,13,16)(H2,14,15,17,19). The van der Waals surface area contributed by atoms with Crippen LogP contribution in [0.5, 0.6) is 0 Å².